The van der Waals surface area contributed by atoms with Crippen LogP contribution in [0.5, 0.6) is 0 Å². The van der Waals surface area contributed by atoms with E-state index in [1.54, 1.807) is 0 Å². The van der Waals surface area contributed by atoms with E-state index >= 15 is 0 Å². The van der Waals surface area contributed by atoms with Crippen LogP contribution in [-0.4, -0.2) is 52.8 Å². The second-order valence-corrected chi connectivity index (χ2v) is 17.8. The smallest absolute Gasteiger partial charge is 0.870 e. The van der Waals surface area contributed by atoms with Gasteiger partial charge in [0.1, 0.15) is 0 Å². The van der Waals surface area contributed by atoms with Crippen LogP contribution in [0, 0.1) is 21.7 Å². The van der Waals surface area contributed by atoms with Crippen LogP contribution in [0.15, 0.2) is 0 Å². The first-order valence-electron chi connectivity index (χ1n) is 21.7. The molecule has 4 rings (SSSR count). The molecule has 4 fully saturated rings. The van der Waals surface area contributed by atoms with E-state index < -0.39 is 11.9 Å². The third-order valence-electron chi connectivity index (χ3n) is 12.9. The van der Waals surface area contributed by atoms with Crippen LogP contribution in [0.25, 0.3) is 0 Å². The van der Waals surface area contributed by atoms with Crippen molar-refractivity contribution in [2.45, 2.75) is 219 Å². The summed E-state index contributed by atoms with van der Waals surface area (Å²) >= 11 is 0. The first kappa shape index (κ1) is 51.5. The third kappa shape index (κ3) is 23.0. The van der Waals surface area contributed by atoms with Crippen molar-refractivity contribution in [1.82, 2.24) is 0 Å². The van der Waals surface area contributed by atoms with Crippen molar-refractivity contribution in [3.05, 3.63) is 0 Å². The molecule has 0 amide bonds. The van der Waals surface area contributed by atoms with Crippen LogP contribution in [0.1, 0.15) is 219 Å². The number of ether oxygens (including phenoxy) is 2. The Morgan fingerprint density at radius 3 is 0.796 bits per heavy atom. The Bertz CT molecular complexity index is 992. The molecule has 0 atom stereocenters. The quantitative estimate of drug-likeness (QED) is 0.0387. The number of aliphatic carboxylic acids is 2. The fourth-order valence-corrected chi connectivity index (χ4v) is 8.57. The van der Waals surface area contributed by atoms with Gasteiger partial charge in [-0.1, -0.05) is 103 Å². The molecule has 9 nitrogen and oxygen atoms in total. The van der Waals surface area contributed by atoms with Gasteiger partial charge >= 0.3 is 75.3 Å². The number of rotatable bonds is 32. The van der Waals surface area contributed by atoms with E-state index in [2.05, 4.69) is 0 Å². The van der Waals surface area contributed by atoms with Gasteiger partial charge in [0.2, 0.25) is 0 Å². The average Bonchev–Trinajstić information content (AvgIpc) is 3.88. The summed E-state index contributed by atoms with van der Waals surface area (Å²) in [5.41, 5.74) is 0.935. The molecular formula is C44H77KO9. The molecule has 3 N–H and O–H groups in total. The summed E-state index contributed by atoms with van der Waals surface area (Å²) in [4.78, 5) is 44.9. The largest absolute Gasteiger partial charge is 1.00 e. The summed E-state index contributed by atoms with van der Waals surface area (Å²) < 4.78 is 10.2. The molecule has 4 saturated carbocycles. The maximum absolute atomic E-state index is 11.7. The fourth-order valence-electron chi connectivity index (χ4n) is 8.57. The Morgan fingerprint density at radius 1 is 0.407 bits per heavy atom. The zero-order chi connectivity index (χ0) is 37.8. The molecule has 0 aromatic rings. The average molecular weight is 789 g/mol. The molecule has 0 bridgehead atoms. The number of carbonyl (C=O) groups excluding carboxylic acids is 2. The molecule has 0 spiro atoms. The minimum absolute atomic E-state index is 0. The Labute approximate surface area is 370 Å². The summed E-state index contributed by atoms with van der Waals surface area (Å²) in [6.07, 6.45) is 36.3. The van der Waals surface area contributed by atoms with Crippen molar-refractivity contribution < 1.29 is 95.7 Å². The van der Waals surface area contributed by atoms with Crippen LogP contribution in [0.2, 0.25) is 0 Å². The maximum Gasteiger partial charge on any atom is 1.00 e. The SMILES string of the molecule is CCOC(=O)CC1(CCCCCCCCCCC2(CC(=O)OCC)CC2)CC1.O=C(O)CC1(CCCCCCCCCCC2(CC(=O)O)CC2)CC1.[K+].[OH-]. The summed E-state index contributed by atoms with van der Waals surface area (Å²) in [6.45, 7) is 4.76. The van der Waals surface area contributed by atoms with Gasteiger partial charge < -0.3 is 25.2 Å². The molecule has 0 unspecified atom stereocenters. The number of hydrogen-bond acceptors (Lipinski definition) is 7. The summed E-state index contributed by atoms with van der Waals surface area (Å²) in [7, 11) is 0. The van der Waals surface area contributed by atoms with E-state index in [0.717, 1.165) is 38.5 Å². The van der Waals surface area contributed by atoms with E-state index in [0.29, 0.717) is 49.7 Å². The first-order chi connectivity index (χ1) is 25.0. The maximum atomic E-state index is 11.7. The van der Waals surface area contributed by atoms with E-state index in [4.69, 9.17) is 19.7 Å². The molecule has 0 aliphatic heterocycles. The third-order valence-corrected chi connectivity index (χ3v) is 12.9. The monoisotopic (exact) mass is 789 g/mol. The molecular weight excluding hydrogens is 712 g/mol. The Morgan fingerprint density at radius 2 is 0.611 bits per heavy atom. The van der Waals surface area contributed by atoms with Crippen molar-refractivity contribution in [2.75, 3.05) is 13.2 Å². The minimum Gasteiger partial charge on any atom is -0.870 e. The van der Waals surface area contributed by atoms with Gasteiger partial charge in [-0.2, -0.15) is 0 Å². The summed E-state index contributed by atoms with van der Waals surface area (Å²) in [6, 6.07) is 0. The zero-order valence-electron chi connectivity index (χ0n) is 34.8. The predicted molar refractivity (Wildman–Crippen MR) is 208 cm³/mol. The van der Waals surface area contributed by atoms with Crippen molar-refractivity contribution in [3.8, 4) is 0 Å². The first-order valence-corrected chi connectivity index (χ1v) is 21.7. The Hall–Kier alpha value is -0.524. The molecule has 0 heterocycles. The zero-order valence-corrected chi connectivity index (χ0v) is 38.0. The standard InChI is InChI=1S/C24H42O4.C20H34O4.K.H2O/c1-3-27-21(25)19-23(15-16-23)13-11-9-7-5-6-8-10-12-14-24(17-18-24)20-22(26)28-4-2;21-17(22)15-19(11-12-19)9-7-5-3-1-2-4-6-8-10-20(13-14-20)16-18(23)24;;/h3-20H2,1-2H3;1-16H2,(H,21,22)(H,23,24);;1H2/q;;+1;/p-1. The number of esters is 2. The summed E-state index contributed by atoms with van der Waals surface area (Å²) in [5, 5.41) is 17.8. The van der Waals surface area contributed by atoms with Crippen molar-refractivity contribution >= 4 is 23.9 Å². The molecule has 54 heavy (non-hydrogen) atoms. The van der Waals surface area contributed by atoms with E-state index in [1.165, 1.54) is 141 Å². The number of carboxylic acid groups (broad SMARTS) is 2. The molecule has 10 heteroatoms. The van der Waals surface area contributed by atoms with Gasteiger partial charge in [-0.25, -0.2) is 0 Å². The molecule has 0 aromatic heterocycles. The van der Waals surface area contributed by atoms with Gasteiger partial charge in [0.05, 0.1) is 38.9 Å². The van der Waals surface area contributed by atoms with Crippen LogP contribution >= 0.6 is 0 Å². The molecule has 308 valence electrons. The van der Waals surface area contributed by atoms with Gasteiger partial charge in [0.25, 0.3) is 0 Å². The van der Waals surface area contributed by atoms with Gasteiger partial charge in [-0.05, 0) is 113 Å². The van der Waals surface area contributed by atoms with Crippen LogP contribution in [0.4, 0.5) is 0 Å². The number of hydrogen-bond donors (Lipinski definition) is 2. The van der Waals surface area contributed by atoms with Gasteiger partial charge in [0, 0.05) is 0 Å². The Kier molecular flexibility index (Phi) is 26.0. The summed E-state index contributed by atoms with van der Waals surface area (Å²) in [5.74, 6) is -1.28. The minimum atomic E-state index is -0.635. The number of unbranched alkanes of at least 4 members (excludes halogenated alkanes) is 14. The van der Waals surface area contributed by atoms with E-state index in [-0.39, 0.29) is 79.6 Å². The van der Waals surface area contributed by atoms with Crippen LogP contribution in [-0.2, 0) is 28.7 Å². The number of carbonyl (C=O) groups is 4. The van der Waals surface area contributed by atoms with Crippen molar-refractivity contribution in [1.29, 1.82) is 0 Å². The fraction of sp³-hybridized carbons (Fsp3) is 0.909. The topological polar surface area (TPSA) is 157 Å². The molecule has 0 saturated heterocycles. The van der Waals surface area contributed by atoms with E-state index in [1.807, 2.05) is 13.8 Å². The van der Waals surface area contributed by atoms with Crippen molar-refractivity contribution in [2.24, 2.45) is 21.7 Å². The van der Waals surface area contributed by atoms with Gasteiger partial charge in [0.15, 0.2) is 0 Å². The van der Waals surface area contributed by atoms with Crippen LogP contribution < -0.4 is 51.4 Å². The second-order valence-electron chi connectivity index (χ2n) is 17.8. The number of carboxylic acids is 2. The predicted octanol–water partition coefficient (Wildman–Crippen LogP) is 8.58. The second kappa shape index (κ2) is 27.2. The normalized spacial score (nSPS) is 18.4. The van der Waals surface area contributed by atoms with E-state index in [9.17, 15) is 19.2 Å². The van der Waals surface area contributed by atoms with Gasteiger partial charge in [-0.3, -0.25) is 19.2 Å². The molecule has 0 aromatic carbocycles. The van der Waals surface area contributed by atoms with Gasteiger partial charge in [-0.15, -0.1) is 0 Å². The van der Waals surface area contributed by atoms with Crippen LogP contribution in [0.3, 0.4) is 0 Å². The molecule has 4 aliphatic rings. The molecule has 4 aliphatic carbocycles. The molecule has 0 radical (unpaired) electrons. The Balaban J connectivity index is 0.000000526. The van der Waals surface area contributed by atoms with Crippen molar-refractivity contribution in [3.63, 3.8) is 0 Å².